The molecule has 1 saturated heterocycles. The Hall–Kier alpha value is -0.990. The SMILES string of the molecule is CC1(CN)CCN(C(=O)c2cc(Br)cc(S(C)(=O)=O)c2F)C1. The number of nitrogens with zero attached hydrogens (tertiary/aromatic N) is 1. The fourth-order valence-corrected chi connectivity index (χ4v) is 3.91. The van der Waals surface area contributed by atoms with E-state index in [1.165, 1.54) is 11.0 Å². The van der Waals surface area contributed by atoms with Crippen LogP contribution in [0.3, 0.4) is 0 Å². The van der Waals surface area contributed by atoms with Crippen molar-refractivity contribution >= 4 is 31.7 Å². The van der Waals surface area contributed by atoms with E-state index >= 15 is 0 Å². The molecule has 1 aromatic rings. The molecule has 0 aromatic heterocycles. The maximum absolute atomic E-state index is 14.5. The van der Waals surface area contributed by atoms with Gasteiger partial charge in [0.15, 0.2) is 15.7 Å². The van der Waals surface area contributed by atoms with Crippen LogP contribution in [0.2, 0.25) is 0 Å². The highest BCUT2D eigenvalue weighted by molar-refractivity contribution is 9.10. The van der Waals surface area contributed by atoms with E-state index in [4.69, 9.17) is 5.73 Å². The number of carbonyl (C=O) groups is 1. The van der Waals surface area contributed by atoms with E-state index in [0.29, 0.717) is 24.1 Å². The minimum absolute atomic E-state index is 0.183. The van der Waals surface area contributed by atoms with Crippen LogP contribution in [0.1, 0.15) is 23.7 Å². The first-order valence-electron chi connectivity index (χ1n) is 6.76. The van der Waals surface area contributed by atoms with Gasteiger partial charge < -0.3 is 10.6 Å². The van der Waals surface area contributed by atoms with Gasteiger partial charge >= 0.3 is 0 Å². The lowest BCUT2D eigenvalue weighted by atomic mass is 9.90. The minimum atomic E-state index is -3.76. The van der Waals surface area contributed by atoms with Gasteiger partial charge in [0.1, 0.15) is 4.90 Å². The molecule has 0 saturated carbocycles. The summed E-state index contributed by atoms with van der Waals surface area (Å²) in [6.45, 7) is 3.32. The number of benzene rings is 1. The molecule has 1 aliphatic rings. The molecule has 2 N–H and O–H groups in total. The Balaban J connectivity index is 2.42. The second-order valence-corrected chi connectivity index (χ2v) is 8.93. The summed E-state index contributed by atoms with van der Waals surface area (Å²) in [6, 6.07) is 2.47. The summed E-state index contributed by atoms with van der Waals surface area (Å²) in [5.41, 5.74) is 5.28. The number of carbonyl (C=O) groups excluding carboxylic acids is 1. The van der Waals surface area contributed by atoms with Crippen LogP contribution in [-0.2, 0) is 9.84 Å². The number of hydrogen-bond acceptors (Lipinski definition) is 4. The second-order valence-electron chi connectivity index (χ2n) is 6.03. The number of amides is 1. The molecule has 8 heteroatoms. The van der Waals surface area contributed by atoms with Crippen molar-refractivity contribution in [2.75, 3.05) is 25.9 Å². The average Bonchev–Trinajstić information content (AvgIpc) is 2.82. The fraction of sp³-hybridized carbons (Fsp3) is 0.500. The third kappa shape index (κ3) is 3.33. The van der Waals surface area contributed by atoms with Gasteiger partial charge in [-0.2, -0.15) is 0 Å². The second kappa shape index (κ2) is 5.90. The molecule has 1 amide bonds. The van der Waals surface area contributed by atoms with E-state index in [0.717, 1.165) is 18.7 Å². The normalized spacial score (nSPS) is 22.1. The highest BCUT2D eigenvalue weighted by Gasteiger charge is 2.36. The smallest absolute Gasteiger partial charge is 0.256 e. The molecule has 5 nitrogen and oxygen atoms in total. The minimum Gasteiger partial charge on any atom is -0.338 e. The largest absolute Gasteiger partial charge is 0.338 e. The van der Waals surface area contributed by atoms with Crippen LogP contribution in [0.4, 0.5) is 4.39 Å². The monoisotopic (exact) mass is 392 g/mol. The van der Waals surface area contributed by atoms with Gasteiger partial charge in [-0.3, -0.25) is 4.79 Å². The maximum atomic E-state index is 14.5. The number of sulfone groups is 1. The molecule has 0 bridgehead atoms. The van der Waals surface area contributed by atoms with Gasteiger partial charge in [-0.05, 0) is 30.5 Å². The van der Waals surface area contributed by atoms with Crippen molar-refractivity contribution in [3.05, 3.63) is 28.0 Å². The first kappa shape index (κ1) is 17.4. The van der Waals surface area contributed by atoms with Crippen LogP contribution >= 0.6 is 15.9 Å². The maximum Gasteiger partial charge on any atom is 0.256 e. The van der Waals surface area contributed by atoms with E-state index in [2.05, 4.69) is 15.9 Å². The van der Waals surface area contributed by atoms with Crippen LogP contribution < -0.4 is 5.73 Å². The summed E-state index contributed by atoms with van der Waals surface area (Å²) in [6.07, 6.45) is 1.65. The summed E-state index contributed by atoms with van der Waals surface area (Å²) in [5, 5.41) is 0. The first-order valence-corrected chi connectivity index (χ1v) is 9.44. The van der Waals surface area contributed by atoms with Crippen LogP contribution in [0, 0.1) is 11.2 Å². The van der Waals surface area contributed by atoms with Crippen molar-refractivity contribution in [1.82, 2.24) is 4.90 Å². The van der Waals surface area contributed by atoms with E-state index in [9.17, 15) is 17.6 Å². The molecule has 22 heavy (non-hydrogen) atoms. The Morgan fingerprint density at radius 2 is 2.14 bits per heavy atom. The van der Waals surface area contributed by atoms with E-state index in [1.54, 1.807) is 0 Å². The van der Waals surface area contributed by atoms with E-state index in [1.807, 2.05) is 6.92 Å². The average molecular weight is 393 g/mol. The van der Waals surface area contributed by atoms with Gasteiger partial charge in [0.25, 0.3) is 5.91 Å². The lowest BCUT2D eigenvalue weighted by Crippen LogP contribution is -2.35. The van der Waals surface area contributed by atoms with Gasteiger partial charge in [0, 0.05) is 23.8 Å². The Bertz CT molecular complexity index is 723. The summed E-state index contributed by atoms with van der Waals surface area (Å²) < 4.78 is 38.1. The Morgan fingerprint density at radius 3 is 2.64 bits per heavy atom. The van der Waals surface area contributed by atoms with E-state index in [-0.39, 0.29) is 11.0 Å². The Kier molecular flexibility index (Phi) is 4.66. The molecular weight excluding hydrogens is 375 g/mol. The molecule has 0 radical (unpaired) electrons. The Labute approximate surface area is 137 Å². The van der Waals surface area contributed by atoms with Crippen LogP contribution in [0.15, 0.2) is 21.5 Å². The van der Waals surface area contributed by atoms with Crippen LogP contribution in [-0.4, -0.2) is 45.1 Å². The molecule has 1 atom stereocenters. The highest BCUT2D eigenvalue weighted by Crippen LogP contribution is 2.31. The number of nitrogens with two attached hydrogens (primary N) is 1. The van der Waals surface area contributed by atoms with Gasteiger partial charge in [-0.25, -0.2) is 12.8 Å². The third-order valence-corrected chi connectivity index (χ3v) is 5.53. The van der Waals surface area contributed by atoms with Gasteiger partial charge in [0.2, 0.25) is 0 Å². The van der Waals surface area contributed by atoms with Crippen molar-refractivity contribution in [2.45, 2.75) is 18.2 Å². The van der Waals surface area contributed by atoms with Crippen molar-refractivity contribution in [3.63, 3.8) is 0 Å². The lowest BCUT2D eigenvalue weighted by molar-refractivity contribution is 0.0771. The van der Waals surface area contributed by atoms with Crippen LogP contribution in [0.25, 0.3) is 0 Å². The molecule has 1 unspecified atom stereocenters. The number of hydrogen-bond donors (Lipinski definition) is 1. The molecule has 2 rings (SSSR count). The topological polar surface area (TPSA) is 80.5 Å². The molecule has 1 heterocycles. The first-order chi connectivity index (χ1) is 10.1. The van der Waals surface area contributed by atoms with Crippen molar-refractivity contribution < 1.29 is 17.6 Å². The quantitative estimate of drug-likeness (QED) is 0.850. The summed E-state index contributed by atoms with van der Waals surface area (Å²) in [7, 11) is -3.76. The number of rotatable bonds is 3. The zero-order valence-electron chi connectivity index (χ0n) is 12.4. The van der Waals surface area contributed by atoms with Crippen molar-refractivity contribution in [3.8, 4) is 0 Å². The Morgan fingerprint density at radius 1 is 1.50 bits per heavy atom. The molecule has 0 aliphatic carbocycles. The number of halogens is 2. The van der Waals surface area contributed by atoms with Crippen molar-refractivity contribution in [1.29, 1.82) is 0 Å². The number of likely N-dealkylation sites (tertiary alicyclic amines) is 1. The zero-order chi connectivity index (χ0) is 16.7. The lowest BCUT2D eigenvalue weighted by Gasteiger charge is -2.23. The highest BCUT2D eigenvalue weighted by atomic mass is 79.9. The summed E-state index contributed by atoms with van der Waals surface area (Å²) in [5.74, 6) is -1.52. The fourth-order valence-electron chi connectivity index (χ4n) is 2.52. The predicted molar refractivity (Wildman–Crippen MR) is 84.9 cm³/mol. The summed E-state index contributed by atoms with van der Waals surface area (Å²) in [4.78, 5) is 13.6. The predicted octanol–water partition coefficient (Wildman–Crippen LogP) is 1.80. The molecule has 0 spiro atoms. The van der Waals surface area contributed by atoms with Crippen molar-refractivity contribution in [2.24, 2.45) is 11.1 Å². The molecular formula is C14H18BrFN2O3S. The molecule has 1 fully saturated rings. The third-order valence-electron chi connectivity index (χ3n) is 3.97. The molecule has 1 aliphatic heterocycles. The molecule has 1 aromatic carbocycles. The van der Waals surface area contributed by atoms with Crippen LogP contribution in [0.5, 0.6) is 0 Å². The van der Waals surface area contributed by atoms with Gasteiger partial charge in [-0.1, -0.05) is 22.9 Å². The van der Waals surface area contributed by atoms with Gasteiger partial charge in [-0.15, -0.1) is 0 Å². The van der Waals surface area contributed by atoms with Gasteiger partial charge in [0.05, 0.1) is 5.56 Å². The summed E-state index contributed by atoms with van der Waals surface area (Å²) >= 11 is 3.13. The zero-order valence-corrected chi connectivity index (χ0v) is 14.8. The van der Waals surface area contributed by atoms with E-state index < -0.39 is 26.5 Å². The molecule has 122 valence electrons. The standard InChI is InChI=1S/C14H18BrFN2O3S/c1-14(7-17)3-4-18(8-14)13(19)10-5-9(15)6-11(12(10)16)22(2,20)21/h5-6H,3-4,7-8,17H2,1-2H3.